The highest BCUT2D eigenvalue weighted by atomic mass is 79.9. The summed E-state index contributed by atoms with van der Waals surface area (Å²) >= 11 is 2.50. The number of carboxylic acids is 1. The Kier molecular flexibility index (Phi) is 7.32. The fraction of sp³-hybridized carbons (Fsp3) is 0.286. The van der Waals surface area contributed by atoms with Crippen LogP contribution in [0, 0.1) is 11.7 Å². The van der Waals surface area contributed by atoms with E-state index < -0.39 is 23.1 Å². The van der Waals surface area contributed by atoms with Crippen molar-refractivity contribution in [3.63, 3.8) is 0 Å². The van der Waals surface area contributed by atoms with E-state index in [4.69, 9.17) is 0 Å². The Labute approximate surface area is 185 Å². The zero-order valence-corrected chi connectivity index (χ0v) is 19.2. The quantitative estimate of drug-likeness (QED) is 0.488. The Hall–Kier alpha value is -1.48. The van der Waals surface area contributed by atoms with Gasteiger partial charge in [-0.2, -0.15) is 0 Å². The Balaban J connectivity index is 1.75. The fourth-order valence-corrected chi connectivity index (χ4v) is 5.67. The summed E-state index contributed by atoms with van der Waals surface area (Å²) in [7, 11) is 0. The lowest BCUT2D eigenvalue weighted by Crippen LogP contribution is -2.25. The summed E-state index contributed by atoms with van der Waals surface area (Å²) in [5.74, 6) is -1.14. The predicted octanol–water partition coefficient (Wildman–Crippen LogP) is 5.57. The number of thioether (sulfide) groups is 1. The maximum atomic E-state index is 14.1. The Morgan fingerprint density at radius 1 is 1.34 bits per heavy atom. The topological polar surface area (TPSA) is 72.4 Å². The number of rotatable bonds is 7. The number of hydrogen-bond acceptors (Lipinski definition) is 4. The first-order valence-corrected chi connectivity index (χ1v) is 11.9. The van der Waals surface area contributed by atoms with Crippen LogP contribution in [0.2, 0.25) is 0 Å². The molecule has 0 bridgehead atoms. The number of carboxylic acid groups (broad SMARTS) is 1. The van der Waals surface area contributed by atoms with Crippen molar-refractivity contribution in [3.05, 3.63) is 74.5 Å². The smallest absolute Gasteiger partial charge is 0.344 e. The van der Waals surface area contributed by atoms with Gasteiger partial charge in [0.05, 0.1) is 5.70 Å². The van der Waals surface area contributed by atoms with Gasteiger partial charge in [-0.25, -0.2) is 13.9 Å². The van der Waals surface area contributed by atoms with Crippen LogP contribution < -0.4 is 4.72 Å². The summed E-state index contributed by atoms with van der Waals surface area (Å²) in [6.45, 7) is 4.33. The molecule has 2 N–H and O–H groups in total. The van der Waals surface area contributed by atoms with E-state index in [1.165, 1.54) is 29.5 Å². The summed E-state index contributed by atoms with van der Waals surface area (Å²) in [6, 6.07) is 12.4. The highest BCUT2D eigenvalue weighted by molar-refractivity contribution is 9.10. The molecule has 2 aromatic carbocycles. The van der Waals surface area contributed by atoms with Gasteiger partial charge >= 0.3 is 5.97 Å². The van der Waals surface area contributed by atoms with Crippen LogP contribution in [0.5, 0.6) is 0 Å². The van der Waals surface area contributed by atoms with E-state index >= 15 is 0 Å². The Morgan fingerprint density at radius 2 is 2.03 bits per heavy atom. The van der Waals surface area contributed by atoms with Crippen molar-refractivity contribution >= 4 is 45.0 Å². The van der Waals surface area contributed by atoms with Crippen LogP contribution in [-0.4, -0.2) is 15.6 Å². The van der Waals surface area contributed by atoms with Crippen LogP contribution in [0.4, 0.5) is 4.39 Å². The van der Waals surface area contributed by atoms with Gasteiger partial charge in [-0.1, -0.05) is 54.0 Å². The van der Waals surface area contributed by atoms with E-state index in [2.05, 4.69) is 46.6 Å². The zero-order valence-electron chi connectivity index (χ0n) is 15.9. The molecule has 8 heteroatoms. The van der Waals surface area contributed by atoms with Crippen molar-refractivity contribution in [2.24, 2.45) is 5.92 Å². The molecule has 2 atom stereocenters. The van der Waals surface area contributed by atoms with Crippen molar-refractivity contribution in [2.45, 2.75) is 36.8 Å². The van der Waals surface area contributed by atoms with Gasteiger partial charge in [0, 0.05) is 22.2 Å². The van der Waals surface area contributed by atoms with Crippen molar-refractivity contribution < 1.29 is 18.8 Å². The van der Waals surface area contributed by atoms with Crippen molar-refractivity contribution in [1.82, 2.24) is 4.72 Å². The molecule has 0 radical (unpaired) electrons. The summed E-state index contributed by atoms with van der Waals surface area (Å²) in [5, 5.41) is 9.47. The summed E-state index contributed by atoms with van der Waals surface area (Å²) in [4.78, 5) is 11.8. The van der Waals surface area contributed by atoms with E-state index in [1.54, 1.807) is 6.07 Å². The molecule has 154 valence electrons. The molecular weight excluding hydrogens is 477 g/mol. The first-order valence-electron chi connectivity index (χ1n) is 9.10. The van der Waals surface area contributed by atoms with Gasteiger partial charge in [0.15, 0.2) is 5.82 Å². The molecule has 0 saturated heterocycles. The lowest BCUT2D eigenvalue weighted by Gasteiger charge is -2.14. The molecule has 1 aliphatic heterocycles. The molecule has 0 saturated carbocycles. The molecule has 2 unspecified atom stereocenters. The number of aliphatic carboxylic acids is 1. The van der Waals surface area contributed by atoms with Gasteiger partial charge in [0.25, 0.3) is 0 Å². The maximum Gasteiger partial charge on any atom is 0.344 e. The Morgan fingerprint density at radius 3 is 2.62 bits per heavy atom. The third kappa shape index (κ3) is 5.57. The normalized spacial score (nSPS) is 17.7. The molecule has 1 aliphatic rings. The number of allylic oxidation sites excluding steroid dienone is 1. The molecule has 0 spiro atoms. The third-order valence-electron chi connectivity index (χ3n) is 4.42. The summed E-state index contributed by atoms with van der Waals surface area (Å²) < 4.78 is 30.0. The van der Waals surface area contributed by atoms with Gasteiger partial charge in [-0.15, -0.1) is 11.8 Å². The number of hydrogen-bond donors (Lipinski definition) is 2. The van der Waals surface area contributed by atoms with Crippen LogP contribution in [0.15, 0.2) is 62.4 Å². The number of carbonyl (C=O) groups is 1. The van der Waals surface area contributed by atoms with Crippen molar-refractivity contribution in [3.8, 4) is 0 Å². The van der Waals surface area contributed by atoms with Gasteiger partial charge in [0.2, 0.25) is 4.90 Å². The Bertz CT molecular complexity index is 934. The molecule has 0 aromatic heterocycles. The van der Waals surface area contributed by atoms with Crippen molar-refractivity contribution in [2.75, 3.05) is 0 Å². The summed E-state index contributed by atoms with van der Waals surface area (Å²) in [6.07, 6.45) is 1.38. The van der Waals surface area contributed by atoms with E-state index in [-0.39, 0.29) is 15.1 Å². The molecule has 0 fully saturated rings. The van der Waals surface area contributed by atoms with Crippen LogP contribution in [0.1, 0.15) is 36.6 Å². The monoisotopic (exact) mass is 497 g/mol. The standard InChI is InChI=1S/C21H21BrFNO3S2/c1-12(2)9-13-3-5-14(6-4-13)18-11-17(20(28-18)21(25)26)24-29(27)19-8-7-15(22)10-16(19)23/h3-8,10,12,18,24H,9,11H2,1-2H3,(H,25,26). The molecule has 2 aromatic rings. The molecule has 29 heavy (non-hydrogen) atoms. The molecule has 0 aliphatic carbocycles. The van der Waals surface area contributed by atoms with Gasteiger partial charge in [0.1, 0.15) is 16.3 Å². The van der Waals surface area contributed by atoms with E-state index in [0.29, 0.717) is 22.5 Å². The number of nitrogens with one attached hydrogen (secondary N) is 1. The van der Waals surface area contributed by atoms with E-state index in [1.807, 2.05) is 12.1 Å². The van der Waals surface area contributed by atoms with Gasteiger partial charge in [-0.05, 0) is 35.6 Å². The molecule has 1 heterocycles. The lowest BCUT2D eigenvalue weighted by molar-refractivity contribution is -0.131. The lowest BCUT2D eigenvalue weighted by atomic mass is 10.00. The highest BCUT2D eigenvalue weighted by Gasteiger charge is 2.33. The molecule has 0 amide bonds. The minimum absolute atomic E-state index is 0.0167. The van der Waals surface area contributed by atoms with Crippen LogP contribution in [-0.2, 0) is 22.6 Å². The van der Waals surface area contributed by atoms with Gasteiger partial charge in [-0.3, -0.25) is 0 Å². The van der Waals surface area contributed by atoms with E-state index in [0.717, 1.165) is 12.0 Å². The second kappa shape index (κ2) is 9.55. The fourth-order valence-electron chi connectivity index (χ4n) is 3.12. The van der Waals surface area contributed by atoms with Crippen molar-refractivity contribution in [1.29, 1.82) is 0 Å². The summed E-state index contributed by atoms with van der Waals surface area (Å²) in [5.41, 5.74) is 2.61. The van der Waals surface area contributed by atoms with E-state index in [9.17, 15) is 18.8 Å². The van der Waals surface area contributed by atoms with Crippen LogP contribution >= 0.6 is 27.7 Å². The minimum atomic E-state index is -1.89. The second-order valence-electron chi connectivity index (χ2n) is 7.21. The average Bonchev–Trinajstić information content (AvgIpc) is 3.05. The number of benzene rings is 2. The highest BCUT2D eigenvalue weighted by Crippen LogP contribution is 2.47. The van der Waals surface area contributed by atoms with Crippen LogP contribution in [0.25, 0.3) is 0 Å². The zero-order chi connectivity index (χ0) is 21.1. The molecule has 4 nitrogen and oxygen atoms in total. The molecule has 3 rings (SSSR count). The first kappa shape index (κ1) is 22.2. The average molecular weight is 498 g/mol. The van der Waals surface area contributed by atoms with Crippen LogP contribution in [0.3, 0.4) is 0 Å². The maximum absolute atomic E-state index is 14.1. The SMILES string of the molecule is CC(C)Cc1ccc(C2CC(N[S+]([O-])c3ccc(Br)cc3F)=C(C(=O)O)S2)cc1. The third-order valence-corrected chi connectivity index (χ3v) is 7.46. The minimum Gasteiger partial charge on any atom is -0.588 e. The van der Waals surface area contributed by atoms with Gasteiger partial charge < -0.3 is 9.66 Å². The second-order valence-corrected chi connectivity index (χ2v) is 10.5. The first-order chi connectivity index (χ1) is 13.7. The molecular formula is C21H21BrFNO3S2. The number of halogens is 2. The largest absolute Gasteiger partial charge is 0.588 e. The predicted molar refractivity (Wildman–Crippen MR) is 118 cm³/mol.